The minimum atomic E-state index is -0.640. The number of thiazole rings is 1. The van der Waals surface area contributed by atoms with E-state index in [2.05, 4.69) is 10.3 Å². The second kappa shape index (κ2) is 7.59. The summed E-state index contributed by atoms with van der Waals surface area (Å²) in [5, 5.41) is 14.1. The number of carbonyl (C=O) groups excluding carboxylic acids is 2. The van der Waals surface area contributed by atoms with E-state index in [4.69, 9.17) is 4.74 Å². The first-order chi connectivity index (χ1) is 12.1. The smallest absolute Gasteiger partial charge is 0.338 e. The van der Waals surface area contributed by atoms with Gasteiger partial charge >= 0.3 is 5.97 Å². The maximum absolute atomic E-state index is 11.9. The van der Waals surface area contributed by atoms with Crippen LogP contribution in [0, 0.1) is 0 Å². The third-order valence-corrected chi connectivity index (χ3v) is 4.02. The van der Waals surface area contributed by atoms with E-state index in [0.717, 1.165) is 11.3 Å². The number of rotatable bonds is 5. The van der Waals surface area contributed by atoms with Gasteiger partial charge in [-0.25, -0.2) is 9.78 Å². The quantitative estimate of drug-likeness (QED) is 0.686. The highest BCUT2D eigenvalue weighted by atomic mass is 32.1. The highest BCUT2D eigenvalue weighted by molar-refractivity contribution is 7.14. The van der Waals surface area contributed by atoms with Gasteiger partial charge < -0.3 is 9.84 Å². The molecule has 7 heteroatoms. The maximum Gasteiger partial charge on any atom is 0.338 e. The third kappa shape index (κ3) is 4.42. The summed E-state index contributed by atoms with van der Waals surface area (Å²) in [6.45, 7) is -0.417. The normalized spacial score (nSPS) is 10.2. The number of hydrogen-bond donors (Lipinski definition) is 2. The molecule has 0 radical (unpaired) electrons. The van der Waals surface area contributed by atoms with Crippen LogP contribution in [0.5, 0.6) is 5.75 Å². The zero-order chi connectivity index (χ0) is 17.6. The fourth-order valence-corrected chi connectivity index (χ4v) is 2.78. The van der Waals surface area contributed by atoms with Gasteiger partial charge in [0.05, 0.1) is 11.3 Å². The highest BCUT2D eigenvalue weighted by Gasteiger charge is 2.12. The van der Waals surface area contributed by atoms with Crippen LogP contribution in [-0.2, 0) is 9.53 Å². The summed E-state index contributed by atoms with van der Waals surface area (Å²) < 4.78 is 4.94. The number of hydrogen-bond acceptors (Lipinski definition) is 6. The molecule has 0 unspecified atom stereocenters. The monoisotopic (exact) mass is 354 g/mol. The molecule has 1 amide bonds. The lowest BCUT2D eigenvalue weighted by molar-refractivity contribution is -0.119. The van der Waals surface area contributed by atoms with Gasteiger partial charge in [-0.3, -0.25) is 10.1 Å². The number of carbonyl (C=O) groups is 2. The number of anilines is 1. The van der Waals surface area contributed by atoms with Crippen molar-refractivity contribution in [1.82, 2.24) is 4.98 Å². The minimum absolute atomic E-state index is 0.0484. The van der Waals surface area contributed by atoms with E-state index in [1.807, 2.05) is 35.7 Å². The number of esters is 1. The molecule has 0 saturated heterocycles. The number of benzene rings is 2. The van der Waals surface area contributed by atoms with Crippen LogP contribution in [0.4, 0.5) is 5.13 Å². The highest BCUT2D eigenvalue weighted by Crippen LogP contribution is 2.24. The lowest BCUT2D eigenvalue weighted by atomic mass is 10.2. The molecule has 3 rings (SSSR count). The summed E-state index contributed by atoms with van der Waals surface area (Å²) in [5.41, 5.74) is 1.98. The van der Waals surface area contributed by atoms with Crippen LogP contribution in [-0.4, -0.2) is 28.6 Å². The van der Waals surface area contributed by atoms with Crippen LogP contribution in [0.2, 0.25) is 0 Å². The molecule has 0 spiro atoms. The first kappa shape index (κ1) is 16.7. The van der Waals surface area contributed by atoms with Crippen LogP contribution in [0.15, 0.2) is 60.0 Å². The van der Waals surface area contributed by atoms with Gasteiger partial charge in [-0.05, 0) is 24.3 Å². The van der Waals surface area contributed by atoms with Crippen molar-refractivity contribution in [3.05, 3.63) is 65.5 Å². The Bertz CT molecular complexity index is 876. The summed E-state index contributed by atoms with van der Waals surface area (Å²) >= 11 is 1.29. The van der Waals surface area contributed by atoms with Crippen molar-refractivity contribution in [3.63, 3.8) is 0 Å². The van der Waals surface area contributed by atoms with Gasteiger partial charge in [0.15, 0.2) is 11.7 Å². The Kier molecular flexibility index (Phi) is 5.06. The SMILES string of the molecule is O=C(COC(=O)c1ccc(O)cc1)Nc1nc(-c2ccccc2)cs1. The van der Waals surface area contributed by atoms with Crippen molar-refractivity contribution in [1.29, 1.82) is 0 Å². The minimum Gasteiger partial charge on any atom is -0.508 e. The topological polar surface area (TPSA) is 88.5 Å². The standard InChI is InChI=1S/C18H14N2O4S/c21-14-8-6-13(7-9-14)17(23)24-10-16(22)20-18-19-15(11-25-18)12-4-2-1-3-5-12/h1-9,11,21H,10H2,(H,19,20,22). The Labute approximate surface area is 147 Å². The predicted octanol–water partition coefficient (Wildman–Crippen LogP) is 3.31. The number of nitrogens with one attached hydrogen (secondary N) is 1. The van der Waals surface area contributed by atoms with Crippen LogP contribution < -0.4 is 5.32 Å². The van der Waals surface area contributed by atoms with Gasteiger partial charge in [0.25, 0.3) is 5.91 Å². The molecule has 3 aromatic rings. The zero-order valence-electron chi connectivity index (χ0n) is 13.0. The van der Waals surface area contributed by atoms with Gasteiger partial charge in [0, 0.05) is 10.9 Å². The van der Waals surface area contributed by atoms with Crippen LogP contribution in [0.3, 0.4) is 0 Å². The predicted molar refractivity (Wildman–Crippen MR) is 94.6 cm³/mol. The van der Waals surface area contributed by atoms with Gasteiger partial charge in [0.2, 0.25) is 0 Å². The van der Waals surface area contributed by atoms with E-state index >= 15 is 0 Å². The summed E-state index contributed by atoms with van der Waals surface area (Å²) in [7, 11) is 0. The molecule has 0 aliphatic carbocycles. The molecule has 126 valence electrons. The first-order valence-electron chi connectivity index (χ1n) is 7.39. The molecule has 0 aliphatic heterocycles. The largest absolute Gasteiger partial charge is 0.508 e. The van der Waals surface area contributed by atoms with Crippen molar-refractivity contribution in [2.24, 2.45) is 0 Å². The molecular weight excluding hydrogens is 340 g/mol. The van der Waals surface area contributed by atoms with Crippen LogP contribution >= 0.6 is 11.3 Å². The second-order valence-corrected chi connectivity index (χ2v) is 5.93. The van der Waals surface area contributed by atoms with E-state index in [1.165, 1.54) is 35.6 Å². The van der Waals surface area contributed by atoms with Gasteiger partial charge in [-0.15, -0.1) is 11.3 Å². The fourth-order valence-electron chi connectivity index (χ4n) is 2.04. The molecule has 1 aromatic heterocycles. The van der Waals surface area contributed by atoms with Crippen molar-refractivity contribution < 1.29 is 19.4 Å². The average molecular weight is 354 g/mol. The summed E-state index contributed by atoms with van der Waals surface area (Å²) in [4.78, 5) is 28.0. The van der Waals surface area contributed by atoms with E-state index in [1.54, 1.807) is 0 Å². The summed E-state index contributed by atoms with van der Waals surface area (Å²) in [6, 6.07) is 15.2. The molecule has 1 heterocycles. The molecule has 2 aromatic carbocycles. The van der Waals surface area contributed by atoms with Crippen molar-refractivity contribution in [2.45, 2.75) is 0 Å². The molecule has 0 bridgehead atoms. The third-order valence-electron chi connectivity index (χ3n) is 3.26. The molecule has 0 saturated carbocycles. The molecule has 0 atom stereocenters. The summed E-state index contributed by atoms with van der Waals surface area (Å²) in [6.07, 6.45) is 0. The Morgan fingerprint density at radius 1 is 1.08 bits per heavy atom. The Balaban J connectivity index is 1.54. The Hall–Kier alpha value is -3.19. The van der Waals surface area contributed by atoms with Gasteiger partial charge in [0.1, 0.15) is 5.75 Å². The van der Waals surface area contributed by atoms with Crippen molar-refractivity contribution >= 4 is 28.3 Å². The number of phenols is 1. The number of nitrogens with zero attached hydrogens (tertiary/aromatic N) is 1. The summed E-state index contributed by atoms with van der Waals surface area (Å²) in [5.74, 6) is -1.06. The Morgan fingerprint density at radius 3 is 2.52 bits per heavy atom. The fraction of sp³-hybridized carbons (Fsp3) is 0.0556. The second-order valence-electron chi connectivity index (χ2n) is 5.08. The van der Waals surface area contributed by atoms with Crippen LogP contribution in [0.25, 0.3) is 11.3 Å². The lowest BCUT2D eigenvalue weighted by Crippen LogP contribution is -2.20. The van der Waals surface area contributed by atoms with E-state index in [0.29, 0.717) is 5.13 Å². The molecule has 6 nitrogen and oxygen atoms in total. The maximum atomic E-state index is 11.9. The van der Waals surface area contributed by atoms with Crippen molar-refractivity contribution in [2.75, 3.05) is 11.9 Å². The van der Waals surface area contributed by atoms with Gasteiger partial charge in [-0.1, -0.05) is 30.3 Å². The van der Waals surface area contributed by atoms with E-state index in [9.17, 15) is 14.7 Å². The average Bonchev–Trinajstić information content (AvgIpc) is 3.09. The van der Waals surface area contributed by atoms with Crippen LogP contribution in [0.1, 0.15) is 10.4 Å². The molecule has 0 aliphatic rings. The number of phenolic OH excluding ortho intramolecular Hbond substituents is 1. The van der Waals surface area contributed by atoms with Crippen molar-refractivity contribution in [3.8, 4) is 17.0 Å². The number of aromatic hydroxyl groups is 1. The first-order valence-corrected chi connectivity index (χ1v) is 8.27. The van der Waals surface area contributed by atoms with E-state index < -0.39 is 18.5 Å². The molecule has 25 heavy (non-hydrogen) atoms. The number of aromatic nitrogens is 1. The van der Waals surface area contributed by atoms with E-state index in [-0.39, 0.29) is 11.3 Å². The zero-order valence-corrected chi connectivity index (χ0v) is 13.8. The molecular formula is C18H14N2O4S. The van der Waals surface area contributed by atoms with Gasteiger partial charge in [-0.2, -0.15) is 0 Å². The molecule has 0 fully saturated rings. The molecule has 2 N–H and O–H groups in total. The number of ether oxygens (including phenoxy) is 1. The Morgan fingerprint density at radius 2 is 1.80 bits per heavy atom. The lowest BCUT2D eigenvalue weighted by Gasteiger charge is -2.04. The number of amides is 1.